The van der Waals surface area contributed by atoms with Gasteiger partial charge in [0.15, 0.2) is 0 Å². The topological polar surface area (TPSA) is 41.1 Å². The lowest BCUT2D eigenvalue weighted by Gasteiger charge is -2.16. The van der Waals surface area contributed by atoms with E-state index in [0.717, 1.165) is 12.8 Å². The molecular formula is C12H14ClFN2O. The van der Waals surface area contributed by atoms with Crippen LogP contribution in [0.1, 0.15) is 26.2 Å². The van der Waals surface area contributed by atoms with Crippen molar-refractivity contribution >= 4 is 28.9 Å². The fraction of sp³-hybridized carbons (Fsp3) is 0.417. The molecule has 1 unspecified atom stereocenters. The standard InChI is InChI=1S/C12H14ClFN2O/c1-2-3-7-4-12(17)16-11-6-9(14)8(13)5-10(11)15-7/h5-7,15H,2-4H2,1H3,(H,16,17). The Morgan fingerprint density at radius 2 is 2.24 bits per heavy atom. The maximum atomic E-state index is 13.3. The molecule has 1 aromatic carbocycles. The monoisotopic (exact) mass is 256 g/mol. The molecule has 1 atom stereocenters. The lowest BCUT2D eigenvalue weighted by molar-refractivity contribution is -0.116. The van der Waals surface area contributed by atoms with E-state index in [2.05, 4.69) is 17.6 Å². The van der Waals surface area contributed by atoms with Crippen molar-refractivity contribution in [2.75, 3.05) is 10.6 Å². The van der Waals surface area contributed by atoms with Crippen LogP contribution in [-0.2, 0) is 4.79 Å². The molecule has 2 rings (SSSR count). The summed E-state index contributed by atoms with van der Waals surface area (Å²) >= 11 is 5.73. The molecule has 0 aliphatic carbocycles. The Labute approximate surface area is 104 Å². The molecule has 92 valence electrons. The van der Waals surface area contributed by atoms with Gasteiger partial charge < -0.3 is 10.6 Å². The van der Waals surface area contributed by atoms with Gasteiger partial charge in [-0.2, -0.15) is 0 Å². The number of nitrogens with one attached hydrogen (secondary N) is 2. The van der Waals surface area contributed by atoms with Gasteiger partial charge in [-0.1, -0.05) is 24.9 Å². The third kappa shape index (κ3) is 2.69. The number of anilines is 2. The van der Waals surface area contributed by atoms with Gasteiger partial charge in [0.1, 0.15) is 5.82 Å². The summed E-state index contributed by atoms with van der Waals surface area (Å²) in [7, 11) is 0. The van der Waals surface area contributed by atoms with Gasteiger partial charge in [-0.25, -0.2) is 4.39 Å². The number of halogens is 2. The summed E-state index contributed by atoms with van der Waals surface area (Å²) in [6, 6.07) is 2.83. The Kier molecular flexibility index (Phi) is 3.52. The van der Waals surface area contributed by atoms with E-state index in [1.54, 1.807) is 0 Å². The smallest absolute Gasteiger partial charge is 0.226 e. The second-order valence-electron chi connectivity index (χ2n) is 4.19. The average Bonchev–Trinajstić information content (AvgIpc) is 2.38. The number of hydrogen-bond acceptors (Lipinski definition) is 2. The summed E-state index contributed by atoms with van der Waals surface area (Å²) in [5, 5.41) is 5.96. The van der Waals surface area contributed by atoms with Crippen molar-refractivity contribution in [3.05, 3.63) is 23.0 Å². The van der Waals surface area contributed by atoms with Crippen LogP contribution in [0.3, 0.4) is 0 Å². The fourth-order valence-corrected chi connectivity index (χ4v) is 2.15. The third-order valence-corrected chi connectivity index (χ3v) is 3.05. The van der Waals surface area contributed by atoms with E-state index in [4.69, 9.17) is 11.6 Å². The molecule has 1 heterocycles. The zero-order valence-corrected chi connectivity index (χ0v) is 10.3. The van der Waals surface area contributed by atoms with Gasteiger partial charge in [0, 0.05) is 18.5 Å². The summed E-state index contributed by atoms with van der Waals surface area (Å²) in [4.78, 5) is 11.6. The zero-order valence-electron chi connectivity index (χ0n) is 9.52. The summed E-state index contributed by atoms with van der Waals surface area (Å²) in [6.45, 7) is 2.06. The second kappa shape index (κ2) is 4.92. The Morgan fingerprint density at radius 3 is 2.94 bits per heavy atom. The minimum Gasteiger partial charge on any atom is -0.380 e. The Morgan fingerprint density at radius 1 is 1.47 bits per heavy atom. The molecule has 5 heteroatoms. The molecule has 2 N–H and O–H groups in total. The van der Waals surface area contributed by atoms with Crippen LogP contribution in [0.5, 0.6) is 0 Å². The molecule has 1 aliphatic rings. The molecule has 0 bridgehead atoms. The highest BCUT2D eigenvalue weighted by atomic mass is 35.5. The van der Waals surface area contributed by atoms with Crippen LogP contribution in [0.4, 0.5) is 15.8 Å². The van der Waals surface area contributed by atoms with Crippen molar-refractivity contribution in [3.8, 4) is 0 Å². The molecular weight excluding hydrogens is 243 g/mol. The molecule has 0 saturated carbocycles. The first-order valence-electron chi connectivity index (χ1n) is 5.65. The lowest BCUT2D eigenvalue weighted by atomic mass is 10.1. The van der Waals surface area contributed by atoms with Crippen LogP contribution in [0.25, 0.3) is 0 Å². The highest BCUT2D eigenvalue weighted by molar-refractivity contribution is 6.31. The highest BCUT2D eigenvalue weighted by Crippen LogP contribution is 2.31. The van der Waals surface area contributed by atoms with Crippen molar-refractivity contribution in [1.29, 1.82) is 0 Å². The van der Waals surface area contributed by atoms with Crippen LogP contribution >= 0.6 is 11.6 Å². The van der Waals surface area contributed by atoms with E-state index in [1.165, 1.54) is 12.1 Å². The van der Waals surface area contributed by atoms with Gasteiger partial charge in [-0.15, -0.1) is 0 Å². The summed E-state index contributed by atoms with van der Waals surface area (Å²) in [5.74, 6) is -0.627. The maximum Gasteiger partial charge on any atom is 0.226 e. The molecule has 0 spiro atoms. The van der Waals surface area contributed by atoms with Gasteiger partial charge in [-0.05, 0) is 12.5 Å². The lowest BCUT2D eigenvalue weighted by Crippen LogP contribution is -2.22. The summed E-state index contributed by atoms with van der Waals surface area (Å²) in [6.07, 6.45) is 2.26. The molecule has 0 aromatic heterocycles. The van der Waals surface area contributed by atoms with E-state index in [1.807, 2.05) is 0 Å². The van der Waals surface area contributed by atoms with Crippen molar-refractivity contribution in [3.63, 3.8) is 0 Å². The SMILES string of the molecule is CCCC1CC(=O)Nc2cc(F)c(Cl)cc2N1. The Hall–Kier alpha value is -1.29. The number of amides is 1. The predicted molar refractivity (Wildman–Crippen MR) is 67.0 cm³/mol. The first-order chi connectivity index (χ1) is 8.10. The number of fused-ring (bicyclic) bond motifs is 1. The molecule has 1 amide bonds. The first kappa shape index (κ1) is 12.2. The van der Waals surface area contributed by atoms with Crippen LogP contribution < -0.4 is 10.6 Å². The van der Waals surface area contributed by atoms with Crippen LogP contribution in [-0.4, -0.2) is 11.9 Å². The molecule has 0 radical (unpaired) electrons. The minimum absolute atomic E-state index is 0.0580. The van der Waals surface area contributed by atoms with Crippen molar-refractivity contribution < 1.29 is 9.18 Å². The number of carbonyl (C=O) groups excluding carboxylic acids is 1. The maximum absolute atomic E-state index is 13.3. The number of rotatable bonds is 2. The van der Waals surface area contributed by atoms with Crippen molar-refractivity contribution in [2.24, 2.45) is 0 Å². The predicted octanol–water partition coefficient (Wildman–Crippen LogP) is 3.40. The first-order valence-corrected chi connectivity index (χ1v) is 6.03. The van der Waals surface area contributed by atoms with E-state index in [-0.39, 0.29) is 17.0 Å². The van der Waals surface area contributed by atoms with Gasteiger partial charge in [-0.3, -0.25) is 4.79 Å². The number of hydrogen-bond donors (Lipinski definition) is 2. The molecule has 0 saturated heterocycles. The number of carbonyl (C=O) groups is 1. The molecule has 0 fully saturated rings. The third-order valence-electron chi connectivity index (χ3n) is 2.76. The zero-order chi connectivity index (χ0) is 12.4. The largest absolute Gasteiger partial charge is 0.380 e. The highest BCUT2D eigenvalue weighted by Gasteiger charge is 2.21. The molecule has 3 nitrogen and oxygen atoms in total. The van der Waals surface area contributed by atoms with Gasteiger partial charge >= 0.3 is 0 Å². The second-order valence-corrected chi connectivity index (χ2v) is 4.60. The number of benzene rings is 1. The quantitative estimate of drug-likeness (QED) is 0.852. The van der Waals surface area contributed by atoms with E-state index in [9.17, 15) is 9.18 Å². The van der Waals surface area contributed by atoms with Crippen LogP contribution in [0.15, 0.2) is 12.1 Å². The van der Waals surface area contributed by atoms with Gasteiger partial charge in [0.2, 0.25) is 5.91 Å². The summed E-state index contributed by atoms with van der Waals surface area (Å²) in [5.41, 5.74) is 1.14. The molecule has 1 aliphatic heterocycles. The molecule has 1 aromatic rings. The van der Waals surface area contributed by atoms with E-state index < -0.39 is 5.82 Å². The fourth-order valence-electron chi connectivity index (χ4n) is 1.99. The van der Waals surface area contributed by atoms with E-state index >= 15 is 0 Å². The Bertz CT molecular complexity index is 450. The summed E-state index contributed by atoms with van der Waals surface area (Å²) < 4.78 is 13.3. The van der Waals surface area contributed by atoms with Gasteiger partial charge in [0.05, 0.1) is 16.4 Å². The van der Waals surface area contributed by atoms with Crippen LogP contribution in [0, 0.1) is 5.82 Å². The van der Waals surface area contributed by atoms with Crippen molar-refractivity contribution in [1.82, 2.24) is 0 Å². The van der Waals surface area contributed by atoms with E-state index in [0.29, 0.717) is 17.8 Å². The normalized spacial score (nSPS) is 19.0. The molecule has 17 heavy (non-hydrogen) atoms. The van der Waals surface area contributed by atoms with Crippen molar-refractivity contribution in [2.45, 2.75) is 32.2 Å². The van der Waals surface area contributed by atoms with Gasteiger partial charge in [0.25, 0.3) is 0 Å². The minimum atomic E-state index is -0.526. The average molecular weight is 257 g/mol. The van der Waals surface area contributed by atoms with Crippen LogP contribution in [0.2, 0.25) is 5.02 Å². The Balaban J connectivity index is 2.34.